The lowest BCUT2D eigenvalue weighted by molar-refractivity contribution is 0.164. The number of thioether (sulfide) groups is 1. The van der Waals surface area contributed by atoms with Crippen LogP contribution in [0.25, 0.3) is 16.6 Å². The maximum Gasteiger partial charge on any atom is 0.266 e. The first-order valence-corrected chi connectivity index (χ1v) is 9.10. The molecular formula is C19H20N2O3S. The molecule has 0 aliphatic heterocycles. The average Bonchev–Trinajstić information content (AvgIpc) is 2.66. The highest BCUT2D eigenvalue weighted by Gasteiger charge is 2.13. The average molecular weight is 356 g/mol. The van der Waals surface area contributed by atoms with Crippen LogP contribution in [0.5, 0.6) is 5.75 Å². The molecule has 0 saturated carbocycles. The summed E-state index contributed by atoms with van der Waals surface area (Å²) in [6.45, 7) is 3.26. The van der Waals surface area contributed by atoms with Crippen molar-refractivity contribution in [1.29, 1.82) is 0 Å². The summed E-state index contributed by atoms with van der Waals surface area (Å²) >= 11 is 1.52. The minimum Gasteiger partial charge on any atom is -0.497 e. The molecule has 0 aliphatic rings. The van der Waals surface area contributed by atoms with Crippen LogP contribution >= 0.6 is 11.8 Å². The van der Waals surface area contributed by atoms with Crippen molar-refractivity contribution in [3.8, 4) is 11.4 Å². The highest BCUT2D eigenvalue weighted by molar-refractivity contribution is 7.99. The molecule has 0 saturated heterocycles. The summed E-state index contributed by atoms with van der Waals surface area (Å²) in [5.74, 6) is 1.48. The van der Waals surface area contributed by atoms with E-state index in [0.29, 0.717) is 29.3 Å². The van der Waals surface area contributed by atoms with Crippen molar-refractivity contribution in [3.05, 3.63) is 58.9 Å². The first-order valence-electron chi connectivity index (χ1n) is 8.11. The molecule has 0 amide bonds. The van der Waals surface area contributed by atoms with E-state index in [1.807, 2.05) is 49.4 Å². The molecule has 0 atom stereocenters. The van der Waals surface area contributed by atoms with Crippen LogP contribution in [0.1, 0.15) is 6.92 Å². The zero-order valence-corrected chi connectivity index (χ0v) is 15.1. The van der Waals surface area contributed by atoms with Crippen molar-refractivity contribution < 1.29 is 9.47 Å². The lowest BCUT2D eigenvalue weighted by Crippen LogP contribution is -2.22. The van der Waals surface area contributed by atoms with Gasteiger partial charge < -0.3 is 9.47 Å². The summed E-state index contributed by atoms with van der Waals surface area (Å²) in [6.07, 6.45) is 0. The molecule has 130 valence electrons. The fourth-order valence-corrected chi connectivity index (χ4v) is 3.37. The van der Waals surface area contributed by atoms with Gasteiger partial charge in [0.15, 0.2) is 5.16 Å². The number of hydrogen-bond donors (Lipinski definition) is 0. The molecule has 3 rings (SSSR count). The van der Waals surface area contributed by atoms with Gasteiger partial charge in [-0.3, -0.25) is 9.36 Å². The highest BCUT2D eigenvalue weighted by atomic mass is 32.2. The van der Waals surface area contributed by atoms with Gasteiger partial charge >= 0.3 is 0 Å². The van der Waals surface area contributed by atoms with Crippen molar-refractivity contribution in [2.45, 2.75) is 12.1 Å². The molecule has 1 heterocycles. The number of para-hydroxylation sites is 1. The van der Waals surface area contributed by atoms with E-state index in [1.54, 1.807) is 17.7 Å². The molecule has 0 radical (unpaired) electrons. The van der Waals surface area contributed by atoms with E-state index >= 15 is 0 Å². The van der Waals surface area contributed by atoms with Crippen molar-refractivity contribution in [2.75, 3.05) is 26.1 Å². The minimum absolute atomic E-state index is 0.0744. The van der Waals surface area contributed by atoms with Crippen LogP contribution in [-0.2, 0) is 4.74 Å². The zero-order valence-electron chi connectivity index (χ0n) is 14.3. The van der Waals surface area contributed by atoms with E-state index in [2.05, 4.69) is 0 Å². The Balaban J connectivity index is 2.08. The van der Waals surface area contributed by atoms with Gasteiger partial charge in [-0.15, -0.1) is 0 Å². The normalized spacial score (nSPS) is 11.0. The third-order valence-electron chi connectivity index (χ3n) is 3.74. The van der Waals surface area contributed by atoms with Gasteiger partial charge in [0.1, 0.15) is 5.75 Å². The number of hydrogen-bond acceptors (Lipinski definition) is 5. The smallest absolute Gasteiger partial charge is 0.266 e. The standard InChI is InChI=1S/C19H20N2O3S/c1-3-24-12-13-25-19-20-17-7-5-4-6-16(17)18(22)21(19)14-8-10-15(23-2)11-9-14/h4-11H,3,12-13H2,1-2H3. The molecule has 1 aromatic heterocycles. The van der Waals surface area contributed by atoms with Crippen molar-refractivity contribution in [3.63, 3.8) is 0 Å². The van der Waals surface area contributed by atoms with Gasteiger partial charge in [0.2, 0.25) is 0 Å². The van der Waals surface area contributed by atoms with Gasteiger partial charge in [-0.2, -0.15) is 0 Å². The van der Waals surface area contributed by atoms with E-state index in [1.165, 1.54) is 11.8 Å². The summed E-state index contributed by atoms with van der Waals surface area (Å²) in [5, 5.41) is 1.26. The Bertz CT molecular complexity index is 907. The zero-order chi connectivity index (χ0) is 17.6. The first kappa shape index (κ1) is 17.5. The van der Waals surface area contributed by atoms with Crippen LogP contribution in [0.2, 0.25) is 0 Å². The fraction of sp³-hybridized carbons (Fsp3) is 0.263. The summed E-state index contributed by atoms with van der Waals surface area (Å²) in [4.78, 5) is 17.7. The number of aromatic nitrogens is 2. The van der Waals surface area contributed by atoms with Gasteiger partial charge in [-0.05, 0) is 43.3 Å². The van der Waals surface area contributed by atoms with E-state index in [9.17, 15) is 4.79 Å². The van der Waals surface area contributed by atoms with E-state index in [0.717, 1.165) is 17.2 Å². The third kappa shape index (κ3) is 3.86. The molecule has 0 fully saturated rings. The lowest BCUT2D eigenvalue weighted by Gasteiger charge is -2.13. The molecule has 25 heavy (non-hydrogen) atoms. The molecule has 0 spiro atoms. The molecule has 0 aliphatic carbocycles. The molecule has 3 aromatic rings. The summed E-state index contributed by atoms with van der Waals surface area (Å²) < 4.78 is 12.3. The Labute approximate surface area is 150 Å². The number of benzene rings is 2. The Hall–Kier alpha value is -2.31. The second-order valence-corrected chi connectivity index (χ2v) is 6.36. The highest BCUT2D eigenvalue weighted by Crippen LogP contribution is 2.22. The monoisotopic (exact) mass is 356 g/mol. The van der Waals surface area contributed by atoms with Gasteiger partial charge in [0.25, 0.3) is 5.56 Å². The predicted octanol–water partition coefficient (Wildman–Crippen LogP) is 3.52. The summed E-state index contributed by atoms with van der Waals surface area (Å²) in [7, 11) is 1.62. The predicted molar refractivity (Wildman–Crippen MR) is 101 cm³/mol. The van der Waals surface area contributed by atoms with Crippen LogP contribution in [-0.4, -0.2) is 35.6 Å². The Kier molecular flexibility index (Phi) is 5.73. The van der Waals surface area contributed by atoms with E-state index in [-0.39, 0.29) is 5.56 Å². The molecule has 0 N–H and O–H groups in total. The van der Waals surface area contributed by atoms with Crippen molar-refractivity contribution >= 4 is 22.7 Å². The van der Waals surface area contributed by atoms with E-state index in [4.69, 9.17) is 14.5 Å². The molecular weight excluding hydrogens is 336 g/mol. The van der Waals surface area contributed by atoms with Gasteiger partial charge in [0.05, 0.1) is 30.3 Å². The number of methoxy groups -OCH3 is 1. The number of fused-ring (bicyclic) bond motifs is 1. The number of ether oxygens (including phenoxy) is 2. The van der Waals surface area contributed by atoms with Crippen molar-refractivity contribution in [2.24, 2.45) is 0 Å². The van der Waals surface area contributed by atoms with Crippen molar-refractivity contribution in [1.82, 2.24) is 9.55 Å². The number of rotatable bonds is 7. The largest absolute Gasteiger partial charge is 0.497 e. The fourth-order valence-electron chi connectivity index (χ4n) is 2.50. The van der Waals surface area contributed by atoms with Crippen LogP contribution in [0, 0.1) is 0 Å². The quantitative estimate of drug-likeness (QED) is 0.368. The maximum atomic E-state index is 13.0. The van der Waals surface area contributed by atoms with Crippen LogP contribution in [0.4, 0.5) is 0 Å². The SMILES string of the molecule is CCOCCSc1nc2ccccc2c(=O)n1-c1ccc(OC)cc1. The number of nitrogens with zero attached hydrogens (tertiary/aromatic N) is 2. The molecule has 2 aromatic carbocycles. The maximum absolute atomic E-state index is 13.0. The van der Waals surface area contributed by atoms with Gasteiger partial charge in [-0.25, -0.2) is 4.98 Å². The topological polar surface area (TPSA) is 53.3 Å². The van der Waals surface area contributed by atoms with Crippen LogP contribution in [0.15, 0.2) is 58.5 Å². The third-order valence-corrected chi connectivity index (χ3v) is 4.64. The van der Waals surface area contributed by atoms with E-state index < -0.39 is 0 Å². The second kappa shape index (κ2) is 8.18. The lowest BCUT2D eigenvalue weighted by atomic mass is 10.2. The van der Waals surface area contributed by atoms with Gasteiger partial charge in [0, 0.05) is 12.4 Å². The Morgan fingerprint density at radius 1 is 1.12 bits per heavy atom. The summed E-state index contributed by atoms with van der Waals surface area (Å²) in [5.41, 5.74) is 1.40. The van der Waals surface area contributed by atoms with Crippen LogP contribution < -0.4 is 10.3 Å². The minimum atomic E-state index is -0.0744. The molecule has 0 bridgehead atoms. The second-order valence-electron chi connectivity index (χ2n) is 5.30. The molecule has 6 heteroatoms. The molecule has 0 unspecified atom stereocenters. The Morgan fingerprint density at radius 3 is 2.60 bits per heavy atom. The summed E-state index contributed by atoms with van der Waals surface area (Å²) in [6, 6.07) is 14.8. The molecule has 5 nitrogen and oxygen atoms in total. The first-order chi connectivity index (χ1) is 12.2. The van der Waals surface area contributed by atoms with Crippen LogP contribution in [0.3, 0.4) is 0 Å². The van der Waals surface area contributed by atoms with Gasteiger partial charge in [-0.1, -0.05) is 23.9 Å². The Morgan fingerprint density at radius 2 is 1.88 bits per heavy atom.